The molecule has 1 fully saturated rings. The number of nitrogens with one attached hydrogen (secondary N) is 1. The van der Waals surface area contributed by atoms with Crippen molar-refractivity contribution in [3.8, 4) is 0 Å². The lowest BCUT2D eigenvalue weighted by Crippen LogP contribution is -2.11. The van der Waals surface area contributed by atoms with Crippen LogP contribution in [0.15, 0.2) is 4.36 Å². The fraction of sp³-hybridized carbons (Fsp3) is 0.500. The first-order valence-electron chi connectivity index (χ1n) is 3.03. The molecule has 1 aliphatic heterocycles. The Kier molecular flexibility index (Phi) is 5.19. The number of rotatable bonds is 0. The average Bonchev–Trinajstić information content (AvgIpc) is 2.37. The molecular formula is C4H7N3O5S. The van der Waals surface area contributed by atoms with Gasteiger partial charge in [0, 0.05) is 0 Å². The summed E-state index contributed by atoms with van der Waals surface area (Å²) in [6.07, 6.45) is -0.296. The molecule has 0 spiro atoms. The van der Waals surface area contributed by atoms with Crippen LogP contribution in [0.3, 0.4) is 0 Å². The Morgan fingerprint density at radius 1 is 1.62 bits per heavy atom. The number of hydrogen-bond donors (Lipinski definition) is 2. The molecule has 0 unspecified atom stereocenters. The second-order valence-electron chi connectivity index (χ2n) is 1.71. The van der Waals surface area contributed by atoms with E-state index >= 15 is 0 Å². The number of hydrogen-bond acceptors (Lipinski definition) is 5. The summed E-state index contributed by atoms with van der Waals surface area (Å²) < 4.78 is 25.4. The lowest BCUT2D eigenvalue weighted by Gasteiger charge is -1.80. The molecule has 0 aromatic heterocycles. The first-order chi connectivity index (χ1) is 6.02. The van der Waals surface area contributed by atoms with Crippen LogP contribution in [0.25, 0.3) is 0 Å². The summed E-state index contributed by atoms with van der Waals surface area (Å²) in [6.45, 7) is 1.19. The number of nitrogens with zero attached hydrogens (tertiary/aromatic N) is 1. The molecule has 13 heavy (non-hydrogen) atoms. The monoisotopic (exact) mass is 209 g/mol. The molecular weight excluding hydrogens is 202 g/mol. The zero-order valence-electron chi connectivity index (χ0n) is 6.39. The third-order valence-electron chi connectivity index (χ3n) is 0.769. The van der Waals surface area contributed by atoms with E-state index in [1.54, 1.807) is 0 Å². The van der Waals surface area contributed by atoms with E-state index in [1.165, 1.54) is 0 Å². The van der Waals surface area contributed by atoms with Gasteiger partial charge in [0.2, 0.25) is 0 Å². The molecule has 0 radical (unpaired) electrons. The number of cyclic esters (lactones) is 1. The molecule has 3 N–H and O–H groups in total. The largest absolute Gasteiger partial charge is 0.448 e. The van der Waals surface area contributed by atoms with Crippen LogP contribution in [0.4, 0.5) is 9.59 Å². The Morgan fingerprint density at radius 3 is 2.31 bits per heavy atom. The minimum Gasteiger partial charge on any atom is -0.448 e. The van der Waals surface area contributed by atoms with Gasteiger partial charge in [-0.2, -0.15) is 8.42 Å². The number of ether oxygens (including phenoxy) is 1. The summed E-state index contributed by atoms with van der Waals surface area (Å²) in [4.78, 5) is 19.4. The maximum Gasteiger partial charge on any atom is 0.407 e. The molecule has 0 aromatic carbocycles. The van der Waals surface area contributed by atoms with Crippen LogP contribution in [-0.2, 0) is 15.2 Å². The van der Waals surface area contributed by atoms with Crippen LogP contribution >= 0.6 is 0 Å². The fourth-order valence-corrected chi connectivity index (χ4v) is 0.568. The highest BCUT2D eigenvalue weighted by Gasteiger charge is 2.06. The first-order valence-corrected chi connectivity index (χ1v) is 4.06. The number of urea groups is 1. The minimum atomic E-state index is -2.70. The van der Waals surface area contributed by atoms with E-state index in [0.29, 0.717) is 13.2 Å². The molecule has 0 bridgehead atoms. The van der Waals surface area contributed by atoms with E-state index in [-0.39, 0.29) is 6.09 Å². The highest BCUT2D eigenvalue weighted by molar-refractivity contribution is 7.62. The van der Waals surface area contributed by atoms with Crippen LogP contribution in [0, 0.1) is 0 Å². The lowest BCUT2D eigenvalue weighted by atomic mass is 10.7. The van der Waals surface area contributed by atoms with Gasteiger partial charge in [-0.1, -0.05) is 4.36 Å². The van der Waals surface area contributed by atoms with Gasteiger partial charge in [0.25, 0.3) is 0 Å². The molecule has 1 aliphatic rings. The van der Waals surface area contributed by atoms with Crippen molar-refractivity contribution < 1.29 is 22.7 Å². The number of nitrogens with two attached hydrogens (primary N) is 1. The van der Waals surface area contributed by atoms with Crippen molar-refractivity contribution in [1.82, 2.24) is 5.32 Å². The summed E-state index contributed by atoms with van der Waals surface area (Å²) in [5, 5.41) is 2.46. The molecule has 0 saturated carbocycles. The first kappa shape index (κ1) is 11.4. The number of carbonyl (C=O) groups is 2. The van der Waals surface area contributed by atoms with Gasteiger partial charge < -0.3 is 15.8 Å². The zero-order valence-corrected chi connectivity index (χ0v) is 7.20. The van der Waals surface area contributed by atoms with Crippen molar-refractivity contribution >= 4 is 22.6 Å². The maximum atomic E-state index is 9.91. The molecule has 0 aromatic rings. The van der Waals surface area contributed by atoms with Gasteiger partial charge in [-0.05, 0) is 0 Å². The number of amides is 3. The quantitative estimate of drug-likeness (QED) is 0.520. The van der Waals surface area contributed by atoms with Crippen LogP contribution in [-0.4, -0.2) is 33.7 Å². The Labute approximate surface area is 74.8 Å². The zero-order chi connectivity index (χ0) is 10.3. The Bertz CT molecular complexity index is 305. The summed E-state index contributed by atoms with van der Waals surface area (Å²) >= 11 is 0. The van der Waals surface area contributed by atoms with E-state index in [2.05, 4.69) is 20.2 Å². The predicted octanol–water partition coefficient (Wildman–Crippen LogP) is -1.15. The van der Waals surface area contributed by atoms with Crippen molar-refractivity contribution in [2.24, 2.45) is 10.1 Å². The van der Waals surface area contributed by atoms with Crippen LogP contribution in [0.5, 0.6) is 0 Å². The number of carbonyl (C=O) groups excluding carboxylic acids is 2. The molecule has 3 amide bonds. The van der Waals surface area contributed by atoms with E-state index in [0.717, 1.165) is 0 Å². The van der Waals surface area contributed by atoms with Gasteiger partial charge in [-0.3, -0.25) is 0 Å². The SMILES string of the molecule is NC(=O)N=S(=O)=O.O=C1NCCO1. The van der Waals surface area contributed by atoms with Gasteiger partial charge in [0.1, 0.15) is 6.61 Å². The maximum absolute atomic E-state index is 9.91. The molecule has 1 rings (SSSR count). The van der Waals surface area contributed by atoms with Crippen LogP contribution < -0.4 is 11.1 Å². The highest BCUT2D eigenvalue weighted by atomic mass is 32.2. The summed E-state index contributed by atoms with van der Waals surface area (Å²) in [5.41, 5.74) is 4.29. The van der Waals surface area contributed by atoms with Gasteiger partial charge >= 0.3 is 22.6 Å². The van der Waals surface area contributed by atoms with Crippen molar-refractivity contribution in [3.63, 3.8) is 0 Å². The minimum absolute atomic E-state index is 0.296. The molecule has 0 aliphatic carbocycles. The topological polar surface area (TPSA) is 128 Å². The molecule has 1 heterocycles. The van der Waals surface area contributed by atoms with E-state index in [1.807, 2.05) is 0 Å². The predicted molar refractivity (Wildman–Crippen MR) is 40.3 cm³/mol. The lowest BCUT2D eigenvalue weighted by molar-refractivity contribution is 0.178. The molecule has 9 heteroatoms. The van der Waals surface area contributed by atoms with Crippen molar-refractivity contribution in [2.45, 2.75) is 0 Å². The van der Waals surface area contributed by atoms with Crippen LogP contribution in [0.2, 0.25) is 0 Å². The normalized spacial score (nSPS) is 13.1. The average molecular weight is 209 g/mol. The number of primary amides is 1. The van der Waals surface area contributed by atoms with Crippen molar-refractivity contribution in [3.05, 3.63) is 0 Å². The van der Waals surface area contributed by atoms with Crippen LogP contribution in [0.1, 0.15) is 0 Å². The second-order valence-corrected chi connectivity index (χ2v) is 2.33. The fourth-order valence-electron chi connectivity index (χ4n) is 0.421. The van der Waals surface area contributed by atoms with E-state index < -0.39 is 16.5 Å². The standard InChI is InChI=1S/C3H5NO2.CH2N2O3S/c5-3-4-1-2-6-3;2-1(4)3-7(5)6/h1-2H2,(H,4,5);(H2,2,4). The third-order valence-corrected chi connectivity index (χ3v) is 1.10. The van der Waals surface area contributed by atoms with Gasteiger partial charge in [-0.25, -0.2) is 9.59 Å². The Morgan fingerprint density at radius 2 is 2.23 bits per heavy atom. The van der Waals surface area contributed by atoms with Gasteiger partial charge in [-0.15, -0.1) is 0 Å². The molecule has 74 valence electrons. The summed E-state index contributed by atoms with van der Waals surface area (Å²) in [7, 11) is -2.70. The van der Waals surface area contributed by atoms with E-state index in [9.17, 15) is 18.0 Å². The Hall–Kier alpha value is -1.64. The van der Waals surface area contributed by atoms with Crippen molar-refractivity contribution in [2.75, 3.05) is 13.2 Å². The smallest absolute Gasteiger partial charge is 0.407 e. The number of alkyl carbamates (subject to hydrolysis) is 1. The van der Waals surface area contributed by atoms with Gasteiger partial charge in [0.15, 0.2) is 0 Å². The molecule has 0 atom stereocenters. The summed E-state index contributed by atoms with van der Waals surface area (Å²) in [5.74, 6) is 0. The molecule has 8 nitrogen and oxygen atoms in total. The molecule has 1 saturated heterocycles. The van der Waals surface area contributed by atoms with Crippen molar-refractivity contribution in [1.29, 1.82) is 0 Å². The summed E-state index contributed by atoms with van der Waals surface area (Å²) in [6, 6.07) is -1.20. The second kappa shape index (κ2) is 5.94. The Balaban J connectivity index is 0.000000223. The third kappa shape index (κ3) is 8.26. The van der Waals surface area contributed by atoms with E-state index in [4.69, 9.17) is 0 Å². The van der Waals surface area contributed by atoms with Gasteiger partial charge in [0.05, 0.1) is 6.54 Å². The highest BCUT2D eigenvalue weighted by Crippen LogP contribution is 1.82.